The van der Waals surface area contributed by atoms with Gasteiger partial charge in [-0.15, -0.1) is 23.7 Å². The van der Waals surface area contributed by atoms with Gasteiger partial charge < -0.3 is 5.73 Å². The van der Waals surface area contributed by atoms with E-state index in [0.29, 0.717) is 19.0 Å². The number of halogens is 4. The molecule has 0 bridgehead atoms. The summed E-state index contributed by atoms with van der Waals surface area (Å²) in [6.07, 6.45) is -1.99. The number of hydrogen-bond donors (Lipinski definition) is 1. The van der Waals surface area contributed by atoms with E-state index in [2.05, 4.69) is 11.8 Å². The lowest BCUT2D eigenvalue weighted by atomic mass is 9.91. The van der Waals surface area contributed by atoms with Gasteiger partial charge in [-0.25, -0.2) is 0 Å². The van der Waals surface area contributed by atoms with Crippen LogP contribution in [0.25, 0.3) is 0 Å². The topological polar surface area (TPSA) is 29.3 Å². The van der Waals surface area contributed by atoms with Crippen LogP contribution in [0.2, 0.25) is 0 Å². The van der Waals surface area contributed by atoms with Crippen molar-refractivity contribution in [2.24, 2.45) is 11.7 Å². The largest absolute Gasteiger partial charge is 0.425 e. The van der Waals surface area contributed by atoms with E-state index in [4.69, 9.17) is 5.73 Å². The Morgan fingerprint density at radius 2 is 2.10 bits per heavy atom. The fourth-order valence-corrected chi connectivity index (χ4v) is 3.63. The molecule has 0 aromatic carbocycles. The van der Waals surface area contributed by atoms with E-state index in [1.807, 2.05) is 0 Å². The molecule has 1 aliphatic rings. The standard InChI is InChI=1S/C13H19F3N2S.ClH/c1-9-3-2-6-18(11(9)7-17)8-10-4-5-12(19-10)13(14,15)16;/h4-5,9,11H,2-3,6-8,17H2,1H3;1H. The average molecular weight is 329 g/mol. The second-order valence-electron chi connectivity index (χ2n) is 5.16. The molecule has 7 heteroatoms. The smallest absolute Gasteiger partial charge is 0.329 e. The van der Waals surface area contributed by atoms with E-state index in [9.17, 15) is 13.2 Å². The Balaban J connectivity index is 0.00000200. The lowest BCUT2D eigenvalue weighted by Crippen LogP contribution is -2.47. The van der Waals surface area contributed by atoms with E-state index in [-0.39, 0.29) is 18.4 Å². The predicted molar refractivity (Wildman–Crippen MR) is 78.2 cm³/mol. The summed E-state index contributed by atoms with van der Waals surface area (Å²) in [5.74, 6) is 0.515. The van der Waals surface area contributed by atoms with Crippen molar-refractivity contribution < 1.29 is 13.2 Å². The molecule has 116 valence electrons. The maximum absolute atomic E-state index is 12.6. The van der Waals surface area contributed by atoms with Crippen molar-refractivity contribution in [3.63, 3.8) is 0 Å². The Morgan fingerprint density at radius 1 is 1.40 bits per heavy atom. The summed E-state index contributed by atoms with van der Waals surface area (Å²) >= 11 is 0.840. The summed E-state index contributed by atoms with van der Waals surface area (Å²) in [4.78, 5) is 2.47. The zero-order valence-corrected chi connectivity index (χ0v) is 13.0. The minimum Gasteiger partial charge on any atom is -0.329 e. The predicted octanol–water partition coefficient (Wildman–Crippen LogP) is 3.75. The first-order valence-electron chi connectivity index (χ1n) is 6.52. The summed E-state index contributed by atoms with van der Waals surface area (Å²) in [5.41, 5.74) is 5.79. The molecular formula is C13H20ClF3N2S. The van der Waals surface area contributed by atoms with Crippen molar-refractivity contribution in [1.29, 1.82) is 0 Å². The molecule has 0 spiro atoms. The third-order valence-corrected chi connectivity index (χ3v) is 4.89. The molecule has 0 amide bonds. The van der Waals surface area contributed by atoms with Gasteiger partial charge in [0.15, 0.2) is 0 Å². The lowest BCUT2D eigenvalue weighted by Gasteiger charge is -2.39. The van der Waals surface area contributed by atoms with Crippen molar-refractivity contribution in [1.82, 2.24) is 4.90 Å². The number of alkyl halides is 3. The molecule has 20 heavy (non-hydrogen) atoms. The highest BCUT2D eigenvalue weighted by Gasteiger charge is 2.33. The SMILES string of the molecule is CC1CCCN(Cc2ccc(C(F)(F)F)s2)C1CN.Cl. The quantitative estimate of drug-likeness (QED) is 0.915. The molecule has 2 heterocycles. The molecular weight excluding hydrogens is 309 g/mol. The summed E-state index contributed by atoms with van der Waals surface area (Å²) in [7, 11) is 0. The number of likely N-dealkylation sites (tertiary alicyclic amines) is 1. The molecule has 1 fully saturated rings. The molecule has 0 aliphatic carbocycles. The van der Waals surface area contributed by atoms with Crippen molar-refractivity contribution in [3.8, 4) is 0 Å². The van der Waals surface area contributed by atoms with Crippen LogP contribution >= 0.6 is 23.7 Å². The Morgan fingerprint density at radius 3 is 2.65 bits per heavy atom. The van der Waals surface area contributed by atoms with E-state index < -0.39 is 11.1 Å². The zero-order valence-electron chi connectivity index (χ0n) is 11.3. The highest BCUT2D eigenvalue weighted by molar-refractivity contribution is 7.12. The van der Waals surface area contributed by atoms with E-state index in [0.717, 1.165) is 35.6 Å². The van der Waals surface area contributed by atoms with Gasteiger partial charge in [-0.2, -0.15) is 13.2 Å². The second kappa shape index (κ2) is 7.11. The minimum absolute atomic E-state index is 0. The molecule has 0 saturated carbocycles. The highest BCUT2D eigenvalue weighted by Crippen LogP contribution is 2.35. The second-order valence-corrected chi connectivity index (χ2v) is 6.33. The minimum atomic E-state index is -4.23. The maximum atomic E-state index is 12.6. The number of piperidine rings is 1. The molecule has 2 unspecified atom stereocenters. The maximum Gasteiger partial charge on any atom is 0.425 e. The van der Waals surface area contributed by atoms with Gasteiger partial charge in [0.25, 0.3) is 0 Å². The zero-order chi connectivity index (χ0) is 14.0. The Kier molecular flexibility index (Phi) is 6.31. The van der Waals surface area contributed by atoms with Gasteiger partial charge in [-0.1, -0.05) is 6.92 Å². The van der Waals surface area contributed by atoms with Crippen LogP contribution in [0, 0.1) is 5.92 Å². The highest BCUT2D eigenvalue weighted by atomic mass is 35.5. The number of thiophene rings is 1. The van der Waals surface area contributed by atoms with Crippen LogP contribution in [0.3, 0.4) is 0 Å². The molecule has 1 aliphatic heterocycles. The Hall–Kier alpha value is -0.300. The summed E-state index contributed by atoms with van der Waals surface area (Å²) < 4.78 is 37.7. The number of nitrogens with zero attached hydrogens (tertiary/aromatic N) is 1. The normalized spacial score (nSPS) is 24.4. The Bertz CT molecular complexity index is 422. The lowest BCUT2D eigenvalue weighted by molar-refractivity contribution is -0.134. The van der Waals surface area contributed by atoms with E-state index in [1.165, 1.54) is 6.07 Å². The van der Waals surface area contributed by atoms with Crippen LogP contribution in [-0.4, -0.2) is 24.0 Å². The first-order valence-corrected chi connectivity index (χ1v) is 7.33. The molecule has 1 aromatic rings. The van der Waals surface area contributed by atoms with Gasteiger partial charge in [0, 0.05) is 24.0 Å². The van der Waals surface area contributed by atoms with Crippen LogP contribution in [0.15, 0.2) is 12.1 Å². The molecule has 2 N–H and O–H groups in total. The first-order chi connectivity index (χ1) is 8.91. The number of rotatable bonds is 3. The van der Waals surface area contributed by atoms with Gasteiger partial charge >= 0.3 is 6.18 Å². The number of hydrogen-bond acceptors (Lipinski definition) is 3. The van der Waals surface area contributed by atoms with Crippen LogP contribution < -0.4 is 5.73 Å². The van der Waals surface area contributed by atoms with Gasteiger partial charge in [0.1, 0.15) is 4.88 Å². The summed E-state index contributed by atoms with van der Waals surface area (Å²) in [6.45, 7) is 4.23. The summed E-state index contributed by atoms with van der Waals surface area (Å²) in [5, 5.41) is 0. The van der Waals surface area contributed by atoms with Crippen molar-refractivity contribution in [3.05, 3.63) is 21.9 Å². The van der Waals surface area contributed by atoms with E-state index >= 15 is 0 Å². The third-order valence-electron chi connectivity index (χ3n) is 3.77. The van der Waals surface area contributed by atoms with Crippen molar-refractivity contribution >= 4 is 23.7 Å². The average Bonchev–Trinajstić information content (AvgIpc) is 2.77. The van der Waals surface area contributed by atoms with Crippen LogP contribution in [0.4, 0.5) is 13.2 Å². The Labute approximate surface area is 127 Å². The molecule has 2 atom stereocenters. The third kappa shape index (κ3) is 4.10. The van der Waals surface area contributed by atoms with Crippen molar-refractivity contribution in [2.75, 3.05) is 13.1 Å². The fraction of sp³-hybridized carbons (Fsp3) is 0.692. The number of nitrogens with two attached hydrogens (primary N) is 1. The van der Waals surface area contributed by atoms with Gasteiger partial charge in [0.05, 0.1) is 0 Å². The van der Waals surface area contributed by atoms with Crippen LogP contribution in [0.1, 0.15) is 29.5 Å². The van der Waals surface area contributed by atoms with E-state index in [1.54, 1.807) is 6.07 Å². The monoisotopic (exact) mass is 328 g/mol. The molecule has 1 aromatic heterocycles. The fourth-order valence-electron chi connectivity index (χ4n) is 2.73. The molecule has 2 rings (SSSR count). The summed E-state index contributed by atoms with van der Waals surface area (Å²) in [6, 6.07) is 3.04. The van der Waals surface area contributed by atoms with Crippen LogP contribution in [-0.2, 0) is 12.7 Å². The first kappa shape index (κ1) is 17.8. The molecule has 0 radical (unpaired) electrons. The van der Waals surface area contributed by atoms with Gasteiger partial charge in [0.2, 0.25) is 0 Å². The molecule has 2 nitrogen and oxygen atoms in total. The van der Waals surface area contributed by atoms with Crippen LogP contribution in [0.5, 0.6) is 0 Å². The van der Waals surface area contributed by atoms with Gasteiger partial charge in [-0.3, -0.25) is 4.90 Å². The van der Waals surface area contributed by atoms with Gasteiger partial charge in [-0.05, 0) is 37.4 Å². The molecule has 1 saturated heterocycles. The van der Waals surface area contributed by atoms with Crippen molar-refractivity contribution in [2.45, 2.75) is 38.5 Å².